The summed E-state index contributed by atoms with van der Waals surface area (Å²) in [5, 5.41) is 4.84. The van der Waals surface area contributed by atoms with Gasteiger partial charge >= 0.3 is 6.03 Å². The van der Waals surface area contributed by atoms with Crippen molar-refractivity contribution in [1.29, 1.82) is 0 Å². The van der Waals surface area contributed by atoms with Crippen molar-refractivity contribution in [3.63, 3.8) is 0 Å². The van der Waals surface area contributed by atoms with E-state index in [2.05, 4.69) is 39.3 Å². The molecule has 4 rings (SSSR count). The molecule has 1 fully saturated rings. The molecule has 0 bridgehead atoms. The molecule has 9 heteroatoms. The summed E-state index contributed by atoms with van der Waals surface area (Å²) in [6.45, 7) is 1.91. The molecule has 0 unspecified atom stereocenters. The third-order valence-corrected chi connectivity index (χ3v) is 6.00. The number of rotatable bonds is 7. The molecule has 4 amide bonds. The van der Waals surface area contributed by atoms with Gasteiger partial charge in [0, 0.05) is 0 Å². The van der Waals surface area contributed by atoms with Gasteiger partial charge in [0.05, 0.1) is 9.26 Å². The number of carbonyl (C=O) groups is 3. The number of halogens is 2. The standard InChI is InChI=1S/C26H21FIN3O4/c1-16-5-4-6-18(11-16)15-35-23-10-9-17(12-20(23)28)13-22-25(33)31(26(34)30-22)14-24(32)29-21-8-3-2-7-19(21)27/h2-13H,14-15H2,1H3,(H,29,32)(H,30,34)/b22-13+. The van der Waals surface area contributed by atoms with E-state index in [1.54, 1.807) is 18.2 Å². The van der Waals surface area contributed by atoms with Crippen LogP contribution in [0.1, 0.15) is 16.7 Å². The Morgan fingerprint density at radius 2 is 1.91 bits per heavy atom. The van der Waals surface area contributed by atoms with Gasteiger partial charge in [0.15, 0.2) is 0 Å². The number of benzene rings is 3. The Kier molecular flexibility index (Phi) is 7.45. The second-order valence-corrected chi connectivity index (χ2v) is 9.04. The van der Waals surface area contributed by atoms with Gasteiger partial charge in [0.25, 0.3) is 5.91 Å². The summed E-state index contributed by atoms with van der Waals surface area (Å²) in [5.41, 5.74) is 2.91. The average molecular weight is 585 g/mol. The van der Waals surface area contributed by atoms with E-state index in [1.807, 2.05) is 31.2 Å². The first kappa shape index (κ1) is 24.4. The van der Waals surface area contributed by atoms with E-state index in [4.69, 9.17) is 4.74 Å². The van der Waals surface area contributed by atoms with Crippen LogP contribution in [0.25, 0.3) is 6.08 Å². The average Bonchev–Trinajstić information content (AvgIpc) is 3.07. The summed E-state index contributed by atoms with van der Waals surface area (Å²) >= 11 is 2.14. The molecule has 0 saturated carbocycles. The molecule has 0 radical (unpaired) electrons. The Bertz CT molecular complexity index is 1340. The summed E-state index contributed by atoms with van der Waals surface area (Å²) in [6, 6.07) is 18.4. The van der Waals surface area contributed by atoms with Crippen LogP contribution in [-0.4, -0.2) is 29.3 Å². The highest BCUT2D eigenvalue weighted by Crippen LogP contribution is 2.25. The van der Waals surface area contributed by atoms with E-state index in [0.717, 1.165) is 19.6 Å². The summed E-state index contributed by atoms with van der Waals surface area (Å²) in [6.07, 6.45) is 1.53. The highest BCUT2D eigenvalue weighted by Gasteiger charge is 2.35. The Morgan fingerprint density at radius 1 is 1.11 bits per heavy atom. The number of amides is 4. The largest absolute Gasteiger partial charge is 0.488 e. The van der Waals surface area contributed by atoms with E-state index in [1.165, 1.54) is 24.3 Å². The topological polar surface area (TPSA) is 87.7 Å². The maximum absolute atomic E-state index is 13.7. The van der Waals surface area contributed by atoms with Gasteiger partial charge < -0.3 is 15.4 Å². The van der Waals surface area contributed by atoms with Crippen LogP contribution in [0.15, 0.2) is 72.4 Å². The fourth-order valence-corrected chi connectivity index (χ4v) is 4.16. The molecule has 1 heterocycles. The van der Waals surface area contributed by atoms with Crippen molar-refractivity contribution in [2.75, 3.05) is 11.9 Å². The van der Waals surface area contributed by atoms with Crippen molar-refractivity contribution in [2.24, 2.45) is 0 Å². The Balaban J connectivity index is 1.40. The lowest BCUT2D eigenvalue weighted by Crippen LogP contribution is -2.38. The zero-order chi connectivity index (χ0) is 24.9. The fourth-order valence-electron chi connectivity index (χ4n) is 3.46. The highest BCUT2D eigenvalue weighted by molar-refractivity contribution is 14.1. The molecular weight excluding hydrogens is 564 g/mol. The molecule has 0 spiro atoms. The maximum atomic E-state index is 13.7. The second-order valence-electron chi connectivity index (χ2n) is 7.88. The lowest BCUT2D eigenvalue weighted by molar-refractivity contribution is -0.127. The first-order chi connectivity index (χ1) is 16.8. The first-order valence-corrected chi connectivity index (χ1v) is 11.7. The molecule has 178 valence electrons. The normalized spacial score (nSPS) is 14.3. The molecule has 1 aliphatic rings. The molecule has 35 heavy (non-hydrogen) atoms. The number of ether oxygens (including phenoxy) is 1. The van der Waals surface area contributed by atoms with Crippen molar-refractivity contribution < 1.29 is 23.5 Å². The summed E-state index contributed by atoms with van der Waals surface area (Å²) < 4.78 is 20.5. The van der Waals surface area contributed by atoms with Gasteiger partial charge in [-0.3, -0.25) is 9.59 Å². The minimum atomic E-state index is -0.724. The fraction of sp³-hybridized carbons (Fsp3) is 0.115. The molecule has 1 aliphatic heterocycles. The maximum Gasteiger partial charge on any atom is 0.329 e. The van der Waals surface area contributed by atoms with Crippen LogP contribution in [0.4, 0.5) is 14.9 Å². The van der Waals surface area contributed by atoms with Crippen molar-refractivity contribution in [3.8, 4) is 5.75 Å². The highest BCUT2D eigenvalue weighted by atomic mass is 127. The van der Waals surface area contributed by atoms with Crippen LogP contribution in [-0.2, 0) is 16.2 Å². The van der Waals surface area contributed by atoms with Crippen LogP contribution < -0.4 is 15.4 Å². The predicted octanol–water partition coefficient (Wildman–Crippen LogP) is 4.85. The number of urea groups is 1. The minimum Gasteiger partial charge on any atom is -0.488 e. The number of aryl methyl sites for hydroxylation is 1. The molecular formula is C26H21FIN3O4. The molecule has 0 atom stereocenters. The number of nitrogens with one attached hydrogen (secondary N) is 2. The molecule has 0 aliphatic carbocycles. The van der Waals surface area contributed by atoms with Crippen LogP contribution in [0.5, 0.6) is 5.75 Å². The van der Waals surface area contributed by atoms with Crippen LogP contribution in [0.2, 0.25) is 0 Å². The zero-order valence-corrected chi connectivity index (χ0v) is 20.8. The SMILES string of the molecule is Cc1cccc(COc2ccc(/C=C3/NC(=O)N(CC(=O)Nc4ccccc4F)C3=O)cc2I)c1. The molecule has 1 saturated heterocycles. The Labute approximate surface area is 215 Å². The molecule has 3 aromatic rings. The van der Waals surface area contributed by atoms with Crippen molar-refractivity contribution in [1.82, 2.24) is 10.2 Å². The lowest BCUT2D eigenvalue weighted by atomic mass is 10.1. The number of imide groups is 1. The quantitative estimate of drug-likeness (QED) is 0.236. The summed E-state index contributed by atoms with van der Waals surface area (Å²) in [4.78, 5) is 38.0. The van der Waals surface area contributed by atoms with E-state index < -0.39 is 30.2 Å². The van der Waals surface area contributed by atoms with Crippen LogP contribution in [0.3, 0.4) is 0 Å². The molecule has 7 nitrogen and oxygen atoms in total. The van der Waals surface area contributed by atoms with Crippen molar-refractivity contribution >= 4 is 52.2 Å². The number of hydrogen-bond acceptors (Lipinski definition) is 4. The van der Waals surface area contributed by atoms with Gasteiger partial charge in [-0.1, -0.05) is 48.0 Å². The van der Waals surface area contributed by atoms with Crippen molar-refractivity contribution in [2.45, 2.75) is 13.5 Å². The van der Waals surface area contributed by atoms with E-state index >= 15 is 0 Å². The number of hydrogen-bond donors (Lipinski definition) is 2. The van der Waals surface area contributed by atoms with Crippen LogP contribution in [0, 0.1) is 16.3 Å². The molecule has 2 N–H and O–H groups in total. The summed E-state index contributed by atoms with van der Waals surface area (Å²) in [5.74, 6) is -1.25. The zero-order valence-electron chi connectivity index (χ0n) is 18.7. The van der Waals surface area contributed by atoms with E-state index in [-0.39, 0.29) is 11.4 Å². The number of nitrogens with zero attached hydrogens (tertiary/aromatic N) is 1. The monoisotopic (exact) mass is 585 g/mol. The van der Waals surface area contributed by atoms with E-state index in [0.29, 0.717) is 17.9 Å². The predicted molar refractivity (Wildman–Crippen MR) is 138 cm³/mol. The second kappa shape index (κ2) is 10.7. The smallest absolute Gasteiger partial charge is 0.329 e. The molecule has 3 aromatic carbocycles. The van der Waals surface area contributed by atoms with Gasteiger partial charge in [-0.25, -0.2) is 14.1 Å². The summed E-state index contributed by atoms with van der Waals surface area (Å²) in [7, 11) is 0. The Hall–Kier alpha value is -3.73. The van der Waals surface area contributed by atoms with Gasteiger partial charge in [-0.2, -0.15) is 0 Å². The lowest BCUT2D eigenvalue weighted by Gasteiger charge is -2.12. The first-order valence-electron chi connectivity index (χ1n) is 10.7. The number of carbonyl (C=O) groups excluding carboxylic acids is 3. The van der Waals surface area contributed by atoms with Crippen LogP contribution >= 0.6 is 22.6 Å². The van der Waals surface area contributed by atoms with Gasteiger partial charge in [0.2, 0.25) is 5.91 Å². The van der Waals surface area contributed by atoms with Crippen molar-refractivity contribution in [3.05, 3.63) is 98.5 Å². The van der Waals surface area contributed by atoms with Gasteiger partial charge in [0.1, 0.15) is 30.4 Å². The number of anilines is 1. The Morgan fingerprint density at radius 3 is 2.66 bits per heavy atom. The molecule has 0 aromatic heterocycles. The number of para-hydroxylation sites is 1. The third kappa shape index (κ3) is 6.04. The third-order valence-electron chi connectivity index (χ3n) is 5.16. The minimum absolute atomic E-state index is 0.0281. The van der Waals surface area contributed by atoms with E-state index in [9.17, 15) is 18.8 Å². The van der Waals surface area contributed by atoms with Gasteiger partial charge in [-0.05, 0) is 71.0 Å². The van der Waals surface area contributed by atoms with Gasteiger partial charge in [-0.15, -0.1) is 0 Å².